The summed E-state index contributed by atoms with van der Waals surface area (Å²) in [5.74, 6) is 0. The Balaban J connectivity index is 0. The minimum absolute atomic E-state index is 0.611. The molecule has 0 spiro atoms. The Morgan fingerprint density at radius 3 is 1.25 bits per heavy atom. The van der Waals surface area contributed by atoms with Crippen LogP contribution >= 0.6 is 0 Å². The van der Waals surface area contributed by atoms with E-state index in [1.165, 1.54) is 0 Å². The van der Waals surface area contributed by atoms with Crippen LogP contribution in [-0.4, -0.2) is 16.2 Å². The van der Waals surface area contributed by atoms with E-state index in [0.717, 1.165) is 0 Å². The first-order valence-corrected chi connectivity index (χ1v) is 1.37. The van der Waals surface area contributed by atoms with Crippen LogP contribution < -0.4 is 0 Å². The van der Waals surface area contributed by atoms with E-state index in [1.807, 2.05) is 0 Å². The molecule has 0 aromatic rings. The molecule has 0 atom stereocenters. The Bertz CT molecular complexity index is 8.00. The number of rotatable bonds is 0. The predicted molar refractivity (Wildman–Crippen MR) is 8.52 cm³/mol. The second kappa shape index (κ2) is 60.4. The summed E-state index contributed by atoms with van der Waals surface area (Å²) in [4.78, 5) is 0. The molecule has 4 heavy (non-hydrogen) atoms. The zero-order chi connectivity index (χ0) is 4.00. The minimum atomic E-state index is 0.611. The molecule has 0 aliphatic heterocycles. The van der Waals surface area contributed by atoms with Crippen LogP contribution in [0.2, 0.25) is 0 Å². The molecule has 0 heterocycles. The fraction of sp³-hybridized carbons (Fsp3) is 0. The molecular formula is HAlCuO2. The summed E-state index contributed by atoms with van der Waals surface area (Å²) in [6.07, 6.45) is 0. The number of hydrogen-bond donors (Lipinski definition) is 0. The quantitative estimate of drug-likeness (QED) is 0.392. The van der Waals surface area contributed by atoms with Gasteiger partial charge in [0.05, 0.1) is 0 Å². The molecule has 0 aromatic heterocycles. The van der Waals surface area contributed by atoms with E-state index in [9.17, 15) is 0 Å². The Morgan fingerprint density at radius 2 is 1.25 bits per heavy atom. The topological polar surface area (TPSA) is 34.1 Å². The van der Waals surface area contributed by atoms with Gasteiger partial charge in [0.25, 0.3) is 0 Å². The first-order chi connectivity index (χ1) is 2.00. The van der Waals surface area contributed by atoms with E-state index >= 15 is 0 Å². The molecule has 0 bridgehead atoms. The normalized spacial score (nSPS) is 2.25. The monoisotopic (exact) mass is 123 g/mol. The summed E-state index contributed by atoms with van der Waals surface area (Å²) < 4.78 is 16.1. The summed E-state index contributed by atoms with van der Waals surface area (Å²) in [6, 6.07) is 0. The van der Waals surface area contributed by atoms with Crippen LogP contribution in [0.25, 0.3) is 0 Å². The van der Waals surface area contributed by atoms with Crippen molar-refractivity contribution >= 4 is 16.2 Å². The molecule has 0 aliphatic rings. The average Bonchev–Trinajstić information content (AvgIpc) is 1.50. The van der Waals surface area contributed by atoms with E-state index in [-0.39, 0.29) is 0 Å². The maximum atomic E-state index is 8.28. The molecule has 0 radical (unpaired) electrons. The van der Waals surface area contributed by atoms with Gasteiger partial charge in [0.2, 0.25) is 0 Å². The zero-order valence-electron chi connectivity index (χ0n) is 1.83. The van der Waals surface area contributed by atoms with Gasteiger partial charge >= 0.3 is 39.8 Å². The van der Waals surface area contributed by atoms with Gasteiger partial charge in [-0.1, -0.05) is 0 Å². The van der Waals surface area contributed by atoms with Gasteiger partial charge in [-0.05, 0) is 0 Å². The molecular weight excluding hydrogens is 123 g/mol. The Hall–Kier alpha value is 0.652. The van der Waals surface area contributed by atoms with Crippen molar-refractivity contribution in [3.8, 4) is 0 Å². The average molecular weight is 124 g/mol. The summed E-state index contributed by atoms with van der Waals surface area (Å²) in [5, 5.41) is 0. The fourth-order valence-electron chi connectivity index (χ4n) is 0. The summed E-state index contributed by atoms with van der Waals surface area (Å²) in [5.41, 5.74) is 0. The van der Waals surface area contributed by atoms with Crippen molar-refractivity contribution in [1.29, 1.82) is 0 Å². The molecule has 0 saturated heterocycles. The van der Waals surface area contributed by atoms with Gasteiger partial charge in [0.15, 0.2) is 0 Å². The van der Waals surface area contributed by atoms with Crippen molar-refractivity contribution in [3.63, 3.8) is 0 Å². The van der Waals surface area contributed by atoms with E-state index in [2.05, 4.69) is 15.9 Å². The van der Waals surface area contributed by atoms with Gasteiger partial charge in [-0.15, -0.1) is 0 Å². The third-order valence-corrected chi connectivity index (χ3v) is 0. The molecule has 27 valence electrons. The molecule has 0 amide bonds. The van der Waals surface area contributed by atoms with Crippen molar-refractivity contribution in [1.82, 2.24) is 0 Å². The van der Waals surface area contributed by atoms with Gasteiger partial charge in [0, 0.05) is 0 Å². The van der Waals surface area contributed by atoms with Gasteiger partial charge in [-0.3, -0.25) is 0 Å². The Morgan fingerprint density at radius 1 is 1.25 bits per heavy atom. The van der Waals surface area contributed by atoms with Crippen LogP contribution in [-0.2, 0) is 23.6 Å². The molecule has 0 aromatic carbocycles. The van der Waals surface area contributed by atoms with Crippen LogP contribution in [0.1, 0.15) is 0 Å². The predicted octanol–water partition coefficient (Wildman–Crippen LogP) is -0.889. The first kappa shape index (κ1) is 8.82. The Labute approximate surface area is 40.2 Å². The summed E-state index contributed by atoms with van der Waals surface area (Å²) in [7, 11) is 0. The van der Waals surface area contributed by atoms with E-state index in [1.54, 1.807) is 0 Å². The maximum absolute atomic E-state index is 8.28. The standard InChI is InChI=1S/Al.Cu.2O.H. The molecule has 0 unspecified atom stereocenters. The third-order valence-electron chi connectivity index (χ3n) is 0. The van der Waals surface area contributed by atoms with Gasteiger partial charge in [0.1, 0.15) is 0 Å². The van der Waals surface area contributed by atoms with Crippen molar-refractivity contribution in [2.75, 3.05) is 0 Å². The molecule has 2 nitrogen and oxygen atoms in total. The second-order valence-corrected chi connectivity index (χ2v) is 0. The van der Waals surface area contributed by atoms with Gasteiger partial charge in [-0.25, -0.2) is 0 Å². The molecule has 0 N–H and O–H groups in total. The summed E-state index contributed by atoms with van der Waals surface area (Å²) in [6.45, 7) is 0. The van der Waals surface area contributed by atoms with Crippen molar-refractivity contribution in [3.05, 3.63) is 0 Å². The van der Waals surface area contributed by atoms with Crippen LogP contribution in [0, 0.1) is 0 Å². The molecule has 0 rings (SSSR count). The third kappa shape index (κ3) is 17.0. The van der Waals surface area contributed by atoms with Gasteiger partial charge in [-0.2, -0.15) is 0 Å². The summed E-state index contributed by atoms with van der Waals surface area (Å²) >= 11 is 3.55. The molecule has 0 fully saturated rings. The van der Waals surface area contributed by atoms with Crippen LogP contribution in [0.5, 0.6) is 0 Å². The van der Waals surface area contributed by atoms with E-state index in [0.29, 0.717) is 16.2 Å². The van der Waals surface area contributed by atoms with E-state index in [4.69, 9.17) is 7.64 Å². The fourth-order valence-corrected chi connectivity index (χ4v) is 0. The Kier molecular flexibility index (Phi) is 133. The molecule has 0 saturated carbocycles. The zero-order valence-corrected chi connectivity index (χ0v) is 4.18. The van der Waals surface area contributed by atoms with Crippen LogP contribution in [0.15, 0.2) is 0 Å². The van der Waals surface area contributed by atoms with E-state index < -0.39 is 0 Å². The molecule has 4 heteroatoms. The molecule has 0 aliphatic carbocycles. The second-order valence-electron chi connectivity index (χ2n) is 0. The van der Waals surface area contributed by atoms with Crippen molar-refractivity contribution in [2.24, 2.45) is 0 Å². The SMILES string of the molecule is [O]=[AlH].[O]=[Cu]. The van der Waals surface area contributed by atoms with Crippen molar-refractivity contribution < 1.29 is 23.6 Å². The van der Waals surface area contributed by atoms with Crippen LogP contribution in [0.3, 0.4) is 0 Å². The first-order valence-electron chi connectivity index (χ1n) is 0.412. The van der Waals surface area contributed by atoms with Crippen LogP contribution in [0.4, 0.5) is 0 Å². The number of hydrogen-bond acceptors (Lipinski definition) is 2. The van der Waals surface area contributed by atoms with Crippen molar-refractivity contribution in [2.45, 2.75) is 0 Å². The van der Waals surface area contributed by atoms with Gasteiger partial charge < -0.3 is 0 Å².